The Labute approximate surface area is 90.4 Å². The van der Waals surface area contributed by atoms with E-state index in [4.69, 9.17) is 30.6 Å². The lowest BCUT2D eigenvalue weighted by Crippen LogP contribution is -2.42. The minimum absolute atomic E-state index is 0.637. The largest absolute Gasteiger partial charge is 0.475 e. The van der Waals surface area contributed by atoms with Crippen LogP contribution in [0.1, 0.15) is 6.42 Å². The van der Waals surface area contributed by atoms with Crippen molar-refractivity contribution < 1.29 is 40.2 Å². The Hall–Kier alpha value is -1.06. The van der Waals surface area contributed by atoms with Gasteiger partial charge in [-0.15, -0.1) is 0 Å². The monoisotopic (exact) mass is 238 g/mol. The first-order valence-electron chi connectivity index (χ1n) is 4.41. The molecule has 0 fully saturated rings. The van der Waals surface area contributed by atoms with E-state index in [0.717, 1.165) is 0 Å². The predicted molar refractivity (Wildman–Crippen MR) is 48.4 cm³/mol. The second kappa shape index (κ2) is 6.51. The molecule has 6 N–H and O–H groups in total. The van der Waals surface area contributed by atoms with Gasteiger partial charge >= 0.3 is 5.97 Å². The van der Waals surface area contributed by atoms with Gasteiger partial charge in [0.15, 0.2) is 0 Å². The molecule has 0 aromatic rings. The molecule has 4 atom stereocenters. The van der Waals surface area contributed by atoms with Gasteiger partial charge in [0.2, 0.25) is 0 Å². The first-order chi connectivity index (χ1) is 7.31. The Balaban J connectivity index is 4.30. The maximum absolute atomic E-state index is 10.7. The number of ketones is 1. The standard InChI is InChI=1S/C8H14O8/c9-2-5(12)3(10)1-4(11)6(13)7(14)8(15)16/h3-6,9-13H,1-2H2,(H,15,16)/t3-,4-,5+,6-/m0/s1. The molecule has 0 spiro atoms. The van der Waals surface area contributed by atoms with E-state index in [9.17, 15) is 9.59 Å². The maximum Gasteiger partial charge on any atom is 0.375 e. The van der Waals surface area contributed by atoms with Crippen LogP contribution in [0.25, 0.3) is 0 Å². The first kappa shape index (κ1) is 14.9. The number of carboxylic acid groups (broad SMARTS) is 1. The number of rotatable bonds is 7. The lowest BCUT2D eigenvalue weighted by molar-refractivity contribution is -0.157. The van der Waals surface area contributed by atoms with Crippen molar-refractivity contribution in [3.63, 3.8) is 0 Å². The fraction of sp³-hybridized carbons (Fsp3) is 0.750. The third-order valence-corrected chi connectivity index (χ3v) is 1.96. The third kappa shape index (κ3) is 4.21. The van der Waals surface area contributed by atoms with E-state index in [-0.39, 0.29) is 0 Å². The zero-order valence-corrected chi connectivity index (χ0v) is 8.22. The van der Waals surface area contributed by atoms with E-state index < -0.39 is 49.2 Å². The average molecular weight is 238 g/mol. The Kier molecular flexibility index (Phi) is 6.08. The number of Topliss-reactive ketones (excluding diaryl/α,β-unsaturated/α-hetero) is 1. The second-order valence-electron chi connectivity index (χ2n) is 3.23. The Morgan fingerprint density at radius 2 is 1.44 bits per heavy atom. The number of hydrogen-bond acceptors (Lipinski definition) is 7. The minimum atomic E-state index is -2.18. The van der Waals surface area contributed by atoms with Gasteiger partial charge in [0.1, 0.15) is 12.2 Å². The first-order valence-corrected chi connectivity index (χ1v) is 4.41. The summed E-state index contributed by atoms with van der Waals surface area (Å²) >= 11 is 0. The van der Waals surface area contributed by atoms with E-state index in [1.807, 2.05) is 0 Å². The number of carbonyl (C=O) groups is 2. The molecular formula is C8H14O8. The lowest BCUT2D eigenvalue weighted by atomic mass is 10.0. The van der Waals surface area contributed by atoms with Gasteiger partial charge in [0.05, 0.1) is 18.8 Å². The minimum Gasteiger partial charge on any atom is -0.475 e. The lowest BCUT2D eigenvalue weighted by Gasteiger charge is -2.21. The van der Waals surface area contributed by atoms with Crippen LogP contribution in [0.2, 0.25) is 0 Å². The molecule has 94 valence electrons. The van der Waals surface area contributed by atoms with Gasteiger partial charge in [0.25, 0.3) is 5.78 Å². The molecule has 0 aromatic heterocycles. The van der Waals surface area contributed by atoms with E-state index in [0.29, 0.717) is 0 Å². The Morgan fingerprint density at radius 1 is 0.938 bits per heavy atom. The van der Waals surface area contributed by atoms with Crippen molar-refractivity contribution in [3.05, 3.63) is 0 Å². The molecule has 0 saturated heterocycles. The summed E-state index contributed by atoms with van der Waals surface area (Å²) in [5.74, 6) is -3.53. The molecule has 0 heterocycles. The van der Waals surface area contributed by atoms with Crippen LogP contribution in [0.5, 0.6) is 0 Å². The van der Waals surface area contributed by atoms with Crippen LogP contribution < -0.4 is 0 Å². The van der Waals surface area contributed by atoms with Crippen LogP contribution in [-0.4, -0.2) is 73.4 Å². The van der Waals surface area contributed by atoms with Gasteiger partial charge in [-0.1, -0.05) is 0 Å². The molecule has 8 heteroatoms. The summed E-state index contributed by atoms with van der Waals surface area (Å²) in [5, 5.41) is 52.9. The van der Waals surface area contributed by atoms with Crippen molar-refractivity contribution in [2.75, 3.05) is 6.61 Å². The third-order valence-electron chi connectivity index (χ3n) is 1.96. The second-order valence-corrected chi connectivity index (χ2v) is 3.23. The molecular weight excluding hydrogens is 224 g/mol. The van der Waals surface area contributed by atoms with Gasteiger partial charge in [-0.05, 0) is 0 Å². The SMILES string of the molecule is O=C(O)C(=O)[C@@H](O)[C@@H](O)C[C@H](O)[C@H](O)CO. The Morgan fingerprint density at radius 3 is 1.81 bits per heavy atom. The summed E-state index contributed by atoms with van der Waals surface area (Å²) in [4.78, 5) is 20.9. The summed E-state index contributed by atoms with van der Waals surface area (Å²) < 4.78 is 0. The van der Waals surface area contributed by atoms with Crippen molar-refractivity contribution in [2.45, 2.75) is 30.8 Å². The van der Waals surface area contributed by atoms with Crippen LogP contribution in [0.3, 0.4) is 0 Å². The highest BCUT2D eigenvalue weighted by molar-refractivity contribution is 6.34. The van der Waals surface area contributed by atoms with Crippen LogP contribution in [0, 0.1) is 0 Å². The van der Waals surface area contributed by atoms with Crippen LogP contribution in [-0.2, 0) is 9.59 Å². The molecule has 0 aliphatic carbocycles. The summed E-state index contributed by atoms with van der Waals surface area (Å²) in [6.45, 7) is -0.767. The molecule has 0 unspecified atom stereocenters. The summed E-state index contributed by atoms with van der Waals surface area (Å²) in [6, 6.07) is 0. The topological polar surface area (TPSA) is 156 Å². The average Bonchev–Trinajstić information content (AvgIpc) is 2.25. The highest BCUT2D eigenvalue weighted by Gasteiger charge is 2.32. The van der Waals surface area contributed by atoms with E-state index in [2.05, 4.69) is 0 Å². The van der Waals surface area contributed by atoms with Crippen LogP contribution in [0.15, 0.2) is 0 Å². The molecule has 0 aliphatic rings. The number of aliphatic hydroxyl groups is 5. The number of carboxylic acids is 1. The molecule has 16 heavy (non-hydrogen) atoms. The van der Waals surface area contributed by atoms with Gasteiger partial charge in [-0.3, -0.25) is 4.79 Å². The zero-order chi connectivity index (χ0) is 12.9. The fourth-order valence-electron chi connectivity index (χ4n) is 0.956. The molecule has 0 bridgehead atoms. The fourth-order valence-corrected chi connectivity index (χ4v) is 0.956. The molecule has 0 aromatic carbocycles. The molecule has 0 radical (unpaired) electrons. The number of aliphatic carboxylic acids is 1. The van der Waals surface area contributed by atoms with Crippen molar-refractivity contribution in [1.29, 1.82) is 0 Å². The molecule has 0 aliphatic heterocycles. The predicted octanol–water partition coefficient (Wildman–Crippen LogP) is -3.53. The van der Waals surface area contributed by atoms with Gasteiger partial charge in [-0.25, -0.2) is 4.79 Å². The number of aliphatic hydroxyl groups excluding tert-OH is 5. The van der Waals surface area contributed by atoms with E-state index in [1.54, 1.807) is 0 Å². The van der Waals surface area contributed by atoms with Crippen molar-refractivity contribution in [1.82, 2.24) is 0 Å². The smallest absolute Gasteiger partial charge is 0.375 e. The van der Waals surface area contributed by atoms with Crippen molar-refractivity contribution in [3.8, 4) is 0 Å². The van der Waals surface area contributed by atoms with Gasteiger partial charge in [-0.2, -0.15) is 0 Å². The number of carbonyl (C=O) groups excluding carboxylic acids is 1. The number of hydrogen-bond donors (Lipinski definition) is 6. The summed E-state index contributed by atoms with van der Waals surface area (Å²) in [6.07, 6.45) is -7.77. The van der Waals surface area contributed by atoms with Gasteiger partial charge in [0, 0.05) is 6.42 Å². The summed E-state index contributed by atoms with van der Waals surface area (Å²) in [7, 11) is 0. The van der Waals surface area contributed by atoms with Crippen LogP contribution >= 0.6 is 0 Å². The normalized spacial score (nSPS) is 18.6. The molecule has 8 nitrogen and oxygen atoms in total. The highest BCUT2D eigenvalue weighted by atomic mass is 16.4. The van der Waals surface area contributed by atoms with E-state index >= 15 is 0 Å². The van der Waals surface area contributed by atoms with Gasteiger partial charge < -0.3 is 30.6 Å². The van der Waals surface area contributed by atoms with E-state index in [1.165, 1.54) is 0 Å². The molecule has 0 amide bonds. The zero-order valence-electron chi connectivity index (χ0n) is 8.22. The summed E-state index contributed by atoms with van der Waals surface area (Å²) in [5.41, 5.74) is 0. The highest BCUT2D eigenvalue weighted by Crippen LogP contribution is 2.07. The van der Waals surface area contributed by atoms with Crippen molar-refractivity contribution in [2.24, 2.45) is 0 Å². The molecule has 0 rings (SSSR count). The van der Waals surface area contributed by atoms with Crippen LogP contribution in [0.4, 0.5) is 0 Å². The van der Waals surface area contributed by atoms with Crippen molar-refractivity contribution >= 4 is 11.8 Å². The Bertz CT molecular complexity index is 252. The molecule has 0 saturated carbocycles. The quantitative estimate of drug-likeness (QED) is 0.249. The maximum atomic E-state index is 10.7.